The van der Waals surface area contributed by atoms with E-state index in [2.05, 4.69) is 6.07 Å². The number of nitriles is 3. The SMILES string of the molecule is N#CC1=C(N)C(C#N)(C#N)C(c2ccccc2[N+](=O)[O-])C2=C1c1ccccc1C2. The normalized spacial score (nSPS) is 18.9. The lowest BCUT2D eigenvalue weighted by molar-refractivity contribution is -0.385. The fourth-order valence-corrected chi connectivity index (χ4v) is 4.38. The van der Waals surface area contributed by atoms with E-state index in [0.717, 1.165) is 11.1 Å². The maximum atomic E-state index is 11.7. The highest BCUT2D eigenvalue weighted by molar-refractivity contribution is 5.94. The van der Waals surface area contributed by atoms with Gasteiger partial charge in [-0.3, -0.25) is 10.1 Å². The van der Waals surface area contributed by atoms with Crippen LogP contribution in [0.5, 0.6) is 0 Å². The number of nitro benzene ring substituents is 1. The Labute approximate surface area is 166 Å². The lowest BCUT2D eigenvalue weighted by Gasteiger charge is -2.35. The number of rotatable bonds is 2. The highest BCUT2D eigenvalue weighted by atomic mass is 16.6. The summed E-state index contributed by atoms with van der Waals surface area (Å²) in [5.41, 5.74) is 7.25. The van der Waals surface area contributed by atoms with Gasteiger partial charge in [-0.25, -0.2) is 0 Å². The van der Waals surface area contributed by atoms with Crippen LogP contribution in [-0.2, 0) is 6.42 Å². The van der Waals surface area contributed by atoms with Gasteiger partial charge in [-0.05, 0) is 23.1 Å². The first kappa shape index (κ1) is 18.0. The van der Waals surface area contributed by atoms with Gasteiger partial charge >= 0.3 is 0 Å². The topological polar surface area (TPSA) is 141 Å². The summed E-state index contributed by atoms with van der Waals surface area (Å²) in [6.07, 6.45) is 0.381. The van der Waals surface area contributed by atoms with E-state index in [1.54, 1.807) is 12.1 Å². The van der Waals surface area contributed by atoms with Crippen molar-refractivity contribution >= 4 is 11.3 Å². The van der Waals surface area contributed by atoms with Crippen molar-refractivity contribution in [2.24, 2.45) is 11.1 Å². The predicted molar refractivity (Wildman–Crippen MR) is 103 cm³/mol. The summed E-state index contributed by atoms with van der Waals surface area (Å²) in [6, 6.07) is 19.5. The van der Waals surface area contributed by atoms with Crippen molar-refractivity contribution in [1.29, 1.82) is 15.8 Å². The summed E-state index contributed by atoms with van der Waals surface area (Å²) in [7, 11) is 0. The number of nitrogens with two attached hydrogens (primary N) is 1. The molecule has 0 saturated heterocycles. The minimum absolute atomic E-state index is 0.0860. The van der Waals surface area contributed by atoms with Gasteiger partial charge < -0.3 is 5.73 Å². The molecule has 0 aliphatic heterocycles. The molecule has 2 aliphatic carbocycles. The minimum atomic E-state index is -1.92. The van der Waals surface area contributed by atoms with Gasteiger partial charge in [0, 0.05) is 17.2 Å². The molecule has 4 rings (SSSR count). The molecule has 0 amide bonds. The van der Waals surface area contributed by atoms with Crippen molar-refractivity contribution in [3.63, 3.8) is 0 Å². The number of nitrogens with zero attached hydrogens (tertiary/aromatic N) is 4. The van der Waals surface area contributed by atoms with Gasteiger partial charge in [-0.1, -0.05) is 42.5 Å². The molecule has 0 spiro atoms. The molecule has 0 saturated carbocycles. The third-order valence-corrected chi connectivity index (χ3v) is 5.62. The Morgan fingerprint density at radius 2 is 1.72 bits per heavy atom. The number of hydrogen-bond donors (Lipinski definition) is 1. The predicted octanol–water partition coefficient (Wildman–Crippen LogP) is 3.47. The maximum Gasteiger partial charge on any atom is 0.273 e. The van der Waals surface area contributed by atoms with E-state index in [1.807, 2.05) is 36.4 Å². The molecule has 1 atom stereocenters. The Balaban J connectivity index is 2.12. The number of nitro groups is 1. The van der Waals surface area contributed by atoms with Crippen LogP contribution in [0.4, 0.5) is 5.69 Å². The zero-order valence-electron chi connectivity index (χ0n) is 15.1. The van der Waals surface area contributed by atoms with E-state index in [4.69, 9.17) is 5.73 Å². The molecule has 138 valence electrons. The molecule has 1 unspecified atom stereocenters. The molecule has 2 aromatic rings. The van der Waals surface area contributed by atoms with Gasteiger partial charge in [-0.2, -0.15) is 15.8 Å². The first-order chi connectivity index (χ1) is 14.0. The molecule has 0 bridgehead atoms. The molecule has 2 N–H and O–H groups in total. The van der Waals surface area contributed by atoms with Gasteiger partial charge in [0.25, 0.3) is 5.69 Å². The van der Waals surface area contributed by atoms with Crippen LogP contribution in [0.3, 0.4) is 0 Å². The summed E-state index contributed by atoms with van der Waals surface area (Å²) in [5, 5.41) is 41.6. The maximum absolute atomic E-state index is 11.7. The number of fused-ring (bicyclic) bond motifs is 2. The molecule has 7 heteroatoms. The molecule has 29 heavy (non-hydrogen) atoms. The summed E-state index contributed by atoms with van der Waals surface area (Å²) in [4.78, 5) is 11.2. The molecule has 2 aromatic carbocycles. The average Bonchev–Trinajstić information content (AvgIpc) is 3.12. The van der Waals surface area contributed by atoms with Gasteiger partial charge in [0.1, 0.15) is 6.07 Å². The molecular formula is C22H13N5O2. The Morgan fingerprint density at radius 3 is 2.38 bits per heavy atom. The fourth-order valence-electron chi connectivity index (χ4n) is 4.38. The summed E-state index contributed by atoms with van der Waals surface area (Å²) >= 11 is 0. The fraction of sp³-hybridized carbons (Fsp3) is 0.136. The van der Waals surface area contributed by atoms with E-state index < -0.39 is 16.3 Å². The highest BCUT2D eigenvalue weighted by Gasteiger charge is 2.54. The largest absolute Gasteiger partial charge is 0.399 e. The van der Waals surface area contributed by atoms with Crippen LogP contribution in [0.1, 0.15) is 22.6 Å². The number of hydrogen-bond acceptors (Lipinski definition) is 6. The first-order valence-electron chi connectivity index (χ1n) is 8.78. The van der Waals surface area contributed by atoms with Gasteiger partial charge in [0.15, 0.2) is 5.41 Å². The molecule has 7 nitrogen and oxygen atoms in total. The van der Waals surface area contributed by atoms with E-state index >= 15 is 0 Å². The minimum Gasteiger partial charge on any atom is -0.399 e. The number of benzene rings is 2. The van der Waals surface area contributed by atoms with Crippen LogP contribution in [0, 0.1) is 49.5 Å². The van der Waals surface area contributed by atoms with Crippen LogP contribution >= 0.6 is 0 Å². The molecule has 0 aromatic heterocycles. The van der Waals surface area contributed by atoms with E-state index in [1.165, 1.54) is 12.1 Å². The van der Waals surface area contributed by atoms with Crippen molar-refractivity contribution in [2.45, 2.75) is 12.3 Å². The molecule has 0 radical (unpaired) electrons. The highest BCUT2D eigenvalue weighted by Crippen LogP contribution is 2.57. The van der Waals surface area contributed by atoms with Crippen molar-refractivity contribution in [2.75, 3.05) is 0 Å². The van der Waals surface area contributed by atoms with Crippen molar-refractivity contribution in [1.82, 2.24) is 0 Å². The van der Waals surface area contributed by atoms with Gasteiger partial charge in [-0.15, -0.1) is 0 Å². The summed E-state index contributed by atoms with van der Waals surface area (Å²) in [6.45, 7) is 0. The van der Waals surface area contributed by atoms with Crippen LogP contribution in [-0.4, -0.2) is 4.92 Å². The van der Waals surface area contributed by atoms with Crippen LogP contribution in [0.25, 0.3) is 5.57 Å². The smallest absolute Gasteiger partial charge is 0.273 e. The second-order valence-corrected chi connectivity index (χ2v) is 6.92. The lowest BCUT2D eigenvalue weighted by atomic mass is 9.62. The van der Waals surface area contributed by atoms with Crippen LogP contribution in [0.2, 0.25) is 0 Å². The van der Waals surface area contributed by atoms with Gasteiger partial charge in [0.05, 0.1) is 34.2 Å². The quantitative estimate of drug-likeness (QED) is 0.625. The van der Waals surface area contributed by atoms with Crippen molar-refractivity contribution < 1.29 is 4.92 Å². The van der Waals surface area contributed by atoms with E-state index in [0.29, 0.717) is 17.6 Å². The van der Waals surface area contributed by atoms with Gasteiger partial charge in [0.2, 0.25) is 0 Å². The zero-order valence-corrected chi connectivity index (χ0v) is 15.1. The molecule has 0 fully saturated rings. The third kappa shape index (κ3) is 2.27. The average molecular weight is 379 g/mol. The third-order valence-electron chi connectivity index (χ3n) is 5.62. The summed E-state index contributed by atoms with van der Waals surface area (Å²) < 4.78 is 0. The summed E-state index contributed by atoms with van der Waals surface area (Å²) in [5.74, 6) is -0.960. The molecular weight excluding hydrogens is 366 g/mol. The zero-order chi connectivity index (χ0) is 20.8. The molecule has 0 heterocycles. The second kappa shape index (κ2) is 6.34. The lowest BCUT2D eigenvalue weighted by Crippen LogP contribution is -2.37. The Kier molecular flexibility index (Phi) is 3.93. The Hall–Kier alpha value is -4.41. The standard InChI is InChI=1S/C22H13N5O2/c23-10-17-19-14-6-2-1-5-13(14)9-16(19)20(22(11-24,12-25)21(17)26)15-7-3-4-8-18(15)27(28)29/h1-8,20H,9,26H2. The first-order valence-corrected chi connectivity index (χ1v) is 8.78. The van der Waals surface area contributed by atoms with Crippen LogP contribution in [0.15, 0.2) is 65.4 Å². The number of allylic oxidation sites excluding steroid dienone is 4. The second-order valence-electron chi connectivity index (χ2n) is 6.92. The van der Waals surface area contributed by atoms with Crippen molar-refractivity contribution in [3.8, 4) is 18.2 Å². The molecule has 2 aliphatic rings. The monoisotopic (exact) mass is 379 g/mol. The Morgan fingerprint density at radius 1 is 1.07 bits per heavy atom. The number of para-hydroxylation sites is 1. The Bertz CT molecular complexity index is 1250. The van der Waals surface area contributed by atoms with E-state index in [-0.39, 0.29) is 22.5 Å². The van der Waals surface area contributed by atoms with Crippen molar-refractivity contribution in [3.05, 3.63) is 92.2 Å². The van der Waals surface area contributed by atoms with E-state index in [9.17, 15) is 25.9 Å². The van der Waals surface area contributed by atoms with Crippen LogP contribution < -0.4 is 5.73 Å².